The van der Waals surface area contributed by atoms with Gasteiger partial charge in [0.25, 0.3) is 0 Å². The summed E-state index contributed by atoms with van der Waals surface area (Å²) in [5.41, 5.74) is -0.819. The fourth-order valence-electron chi connectivity index (χ4n) is 0.912. The molecule has 1 aliphatic heterocycles. The van der Waals surface area contributed by atoms with Crippen LogP contribution < -0.4 is 0 Å². The van der Waals surface area contributed by atoms with Crippen LogP contribution in [0.2, 0.25) is 0 Å². The molecule has 0 saturated carbocycles. The first kappa shape index (κ1) is 15.8. The van der Waals surface area contributed by atoms with E-state index in [1.807, 2.05) is 0 Å². The van der Waals surface area contributed by atoms with Crippen LogP contribution in [-0.4, -0.2) is 58.1 Å². The van der Waals surface area contributed by atoms with Crippen LogP contribution in [0.4, 0.5) is 0 Å². The molecule has 0 radical (unpaired) electrons. The predicted octanol–water partition coefficient (Wildman–Crippen LogP) is -0.484. The third-order valence-corrected chi connectivity index (χ3v) is 3.26. The number of ether oxygens (including phenoxy) is 1. The number of hydrogen-bond donors (Lipinski definition) is 4. The summed E-state index contributed by atoms with van der Waals surface area (Å²) >= 11 is 0. The van der Waals surface area contributed by atoms with Crippen LogP contribution in [-0.2, 0) is 4.74 Å². The second-order valence-corrected chi connectivity index (χ2v) is 5.26. The molecule has 1 aliphatic rings. The van der Waals surface area contributed by atoms with E-state index in [1.165, 1.54) is 0 Å². The fraction of sp³-hybridized carbons (Fsp3) is 1.00. The Morgan fingerprint density at radius 2 is 0.938 bits per heavy atom. The van der Waals surface area contributed by atoms with Gasteiger partial charge in [-0.2, -0.15) is 0 Å². The normalized spacial score (nSPS) is 21.0. The first-order valence-electron chi connectivity index (χ1n) is 5.34. The number of rotatable bonds is 4. The minimum Gasteiger partial charge on any atom is -0.396 e. The molecule has 0 aromatic carbocycles. The van der Waals surface area contributed by atoms with Gasteiger partial charge < -0.3 is 25.2 Å². The molecule has 0 aliphatic carbocycles. The number of epoxide rings is 1. The van der Waals surface area contributed by atoms with Crippen molar-refractivity contribution in [3.05, 3.63) is 0 Å². The highest BCUT2D eigenvalue weighted by Gasteiger charge is 2.55. The summed E-state index contributed by atoms with van der Waals surface area (Å²) in [5, 5.41) is 34.0. The van der Waals surface area contributed by atoms with Gasteiger partial charge in [0.15, 0.2) is 0 Å². The molecule has 4 N–H and O–H groups in total. The van der Waals surface area contributed by atoms with Gasteiger partial charge in [-0.15, -0.1) is 0 Å². The van der Waals surface area contributed by atoms with Crippen molar-refractivity contribution >= 4 is 0 Å². The molecule has 1 fully saturated rings. The van der Waals surface area contributed by atoms with Gasteiger partial charge in [0, 0.05) is 0 Å². The van der Waals surface area contributed by atoms with Crippen molar-refractivity contribution in [2.24, 2.45) is 5.41 Å². The third kappa shape index (κ3) is 3.68. The van der Waals surface area contributed by atoms with Gasteiger partial charge in [-0.1, -0.05) is 0 Å². The highest BCUT2D eigenvalue weighted by atomic mass is 16.6. The summed E-state index contributed by atoms with van der Waals surface area (Å²) in [6.07, 6.45) is 0. The van der Waals surface area contributed by atoms with Gasteiger partial charge in [-0.3, -0.25) is 0 Å². The van der Waals surface area contributed by atoms with E-state index in [2.05, 4.69) is 27.7 Å². The Kier molecular flexibility index (Phi) is 5.35. The van der Waals surface area contributed by atoms with E-state index in [4.69, 9.17) is 25.2 Å². The second kappa shape index (κ2) is 5.42. The molecule has 0 aromatic heterocycles. The van der Waals surface area contributed by atoms with Gasteiger partial charge in [0.05, 0.1) is 43.0 Å². The first-order valence-corrected chi connectivity index (χ1v) is 5.34. The molecule has 1 saturated heterocycles. The maximum atomic E-state index is 8.50. The Morgan fingerprint density at radius 3 is 0.938 bits per heavy atom. The Hall–Kier alpha value is -0.200. The Morgan fingerprint density at radius 1 is 0.750 bits per heavy atom. The van der Waals surface area contributed by atoms with Crippen LogP contribution in [0.15, 0.2) is 0 Å². The molecule has 0 spiro atoms. The van der Waals surface area contributed by atoms with Crippen LogP contribution in [0.3, 0.4) is 0 Å². The maximum Gasteiger partial charge on any atom is 0.0918 e. The Balaban J connectivity index is 0.000000288. The zero-order chi connectivity index (χ0) is 13.0. The predicted molar refractivity (Wildman–Crippen MR) is 60.0 cm³/mol. The molecule has 5 nitrogen and oxygen atoms in total. The first-order chi connectivity index (χ1) is 7.20. The summed E-state index contributed by atoms with van der Waals surface area (Å²) in [4.78, 5) is 0. The van der Waals surface area contributed by atoms with E-state index in [1.54, 1.807) is 0 Å². The van der Waals surface area contributed by atoms with Crippen LogP contribution >= 0.6 is 0 Å². The van der Waals surface area contributed by atoms with Crippen LogP contribution in [0.1, 0.15) is 27.7 Å². The zero-order valence-corrected chi connectivity index (χ0v) is 10.5. The number of hydrogen-bond acceptors (Lipinski definition) is 5. The maximum absolute atomic E-state index is 8.50. The van der Waals surface area contributed by atoms with E-state index < -0.39 is 31.8 Å². The van der Waals surface area contributed by atoms with Crippen molar-refractivity contribution < 1.29 is 25.2 Å². The van der Waals surface area contributed by atoms with Gasteiger partial charge in [0.1, 0.15) is 0 Å². The van der Waals surface area contributed by atoms with E-state index in [0.717, 1.165) is 0 Å². The Labute approximate surface area is 96.7 Å². The highest BCUT2D eigenvalue weighted by Crippen LogP contribution is 2.46. The summed E-state index contributed by atoms with van der Waals surface area (Å²) < 4.78 is 5.29. The van der Waals surface area contributed by atoms with E-state index in [-0.39, 0.29) is 11.2 Å². The monoisotopic (exact) mass is 236 g/mol. The molecule has 0 bridgehead atoms. The van der Waals surface area contributed by atoms with Crippen molar-refractivity contribution in [2.45, 2.75) is 38.9 Å². The van der Waals surface area contributed by atoms with Crippen molar-refractivity contribution in [2.75, 3.05) is 26.4 Å². The average Bonchev–Trinajstić information content (AvgIpc) is 2.68. The smallest absolute Gasteiger partial charge is 0.0918 e. The van der Waals surface area contributed by atoms with Crippen LogP contribution in [0.25, 0.3) is 0 Å². The van der Waals surface area contributed by atoms with Crippen molar-refractivity contribution in [1.29, 1.82) is 0 Å². The molecule has 0 atom stereocenters. The molecule has 0 amide bonds. The topological polar surface area (TPSA) is 93.5 Å². The number of aliphatic hydroxyl groups excluding tert-OH is 4. The van der Waals surface area contributed by atoms with Crippen molar-refractivity contribution in [1.82, 2.24) is 0 Å². The molecule has 5 heteroatoms. The molecule has 1 rings (SSSR count). The van der Waals surface area contributed by atoms with Crippen LogP contribution in [0, 0.1) is 5.41 Å². The lowest BCUT2D eigenvalue weighted by Gasteiger charge is -2.23. The zero-order valence-electron chi connectivity index (χ0n) is 10.5. The molecule has 0 unspecified atom stereocenters. The molecular weight excluding hydrogens is 212 g/mol. The highest BCUT2D eigenvalue weighted by molar-refractivity contribution is 5.03. The summed E-state index contributed by atoms with van der Waals surface area (Å²) in [7, 11) is 0. The lowest BCUT2D eigenvalue weighted by atomic mass is 9.93. The van der Waals surface area contributed by atoms with Crippen LogP contribution in [0.5, 0.6) is 0 Å². The summed E-state index contributed by atoms with van der Waals surface area (Å²) in [6, 6.07) is 0. The lowest BCUT2D eigenvalue weighted by molar-refractivity contribution is -0.0328. The molecule has 16 heavy (non-hydrogen) atoms. The van der Waals surface area contributed by atoms with Gasteiger partial charge in [-0.05, 0) is 27.7 Å². The van der Waals surface area contributed by atoms with Gasteiger partial charge in [-0.25, -0.2) is 0 Å². The molecule has 1 heterocycles. The number of aliphatic hydroxyl groups is 4. The van der Waals surface area contributed by atoms with Gasteiger partial charge in [0.2, 0.25) is 0 Å². The minimum absolute atomic E-state index is 0.146. The molecular formula is C11H24O5. The van der Waals surface area contributed by atoms with E-state index >= 15 is 0 Å². The van der Waals surface area contributed by atoms with Crippen molar-refractivity contribution in [3.63, 3.8) is 0 Å². The Bertz CT molecular complexity index is 179. The lowest BCUT2D eigenvalue weighted by Crippen LogP contribution is -2.37. The summed E-state index contributed by atoms with van der Waals surface area (Å²) in [5.74, 6) is 0. The largest absolute Gasteiger partial charge is 0.396 e. The standard InChI is InChI=1S/C6H12O.C5H12O4/c1-5(2)6(3,4)7-5;6-1-5(2-7,3-8)4-9/h1-4H3;6-9H,1-4H2. The van der Waals surface area contributed by atoms with Gasteiger partial charge >= 0.3 is 0 Å². The summed E-state index contributed by atoms with van der Waals surface area (Å²) in [6.45, 7) is 6.79. The van der Waals surface area contributed by atoms with Crippen molar-refractivity contribution in [3.8, 4) is 0 Å². The third-order valence-electron chi connectivity index (χ3n) is 3.26. The quantitative estimate of drug-likeness (QED) is 0.495. The fourth-order valence-corrected chi connectivity index (χ4v) is 0.912. The molecule has 98 valence electrons. The SMILES string of the molecule is CC1(C)OC1(C)C.OCC(CO)(CO)CO. The van der Waals surface area contributed by atoms with E-state index in [0.29, 0.717) is 0 Å². The average molecular weight is 236 g/mol. The minimum atomic E-state index is -1.11. The van der Waals surface area contributed by atoms with E-state index in [9.17, 15) is 0 Å². The molecule has 0 aromatic rings. The second-order valence-electron chi connectivity index (χ2n) is 5.26.